The molecule has 2 aliphatic rings. The molecule has 5 nitrogen and oxygen atoms in total. The molecular formula is C19H26O5. The van der Waals surface area contributed by atoms with Crippen LogP contribution < -0.4 is 0 Å². The van der Waals surface area contributed by atoms with Gasteiger partial charge in [0.15, 0.2) is 5.78 Å². The molecule has 0 radical (unpaired) electrons. The maximum atomic E-state index is 12.6. The number of carbonyl (C=O) groups is 1. The minimum Gasteiger partial charge on any atom is -0.472 e. The van der Waals surface area contributed by atoms with Crippen LogP contribution >= 0.6 is 0 Å². The lowest BCUT2D eigenvalue weighted by molar-refractivity contribution is -0.152. The summed E-state index contributed by atoms with van der Waals surface area (Å²) in [6.45, 7) is 6.08. The van der Waals surface area contributed by atoms with Gasteiger partial charge in [-0.3, -0.25) is 4.79 Å². The van der Waals surface area contributed by atoms with Gasteiger partial charge in [0, 0.05) is 18.9 Å². The van der Waals surface area contributed by atoms with Crippen LogP contribution in [0.1, 0.15) is 43.0 Å². The fourth-order valence-corrected chi connectivity index (χ4v) is 5.00. The van der Waals surface area contributed by atoms with Crippen molar-refractivity contribution in [3.05, 3.63) is 36.3 Å². The zero-order chi connectivity index (χ0) is 17.5. The smallest absolute Gasteiger partial charge is 0.166 e. The quantitative estimate of drug-likeness (QED) is 0.580. The van der Waals surface area contributed by atoms with E-state index >= 15 is 0 Å². The third-order valence-electron chi connectivity index (χ3n) is 6.35. The van der Waals surface area contributed by atoms with Gasteiger partial charge in [-0.2, -0.15) is 0 Å². The highest BCUT2D eigenvalue weighted by Gasteiger charge is 2.55. The molecule has 6 unspecified atom stereocenters. The van der Waals surface area contributed by atoms with Gasteiger partial charge >= 0.3 is 0 Å². The van der Waals surface area contributed by atoms with Crippen molar-refractivity contribution in [3.63, 3.8) is 0 Å². The van der Waals surface area contributed by atoms with Gasteiger partial charge in [-0.25, -0.2) is 0 Å². The molecule has 1 heterocycles. The zero-order valence-electron chi connectivity index (χ0n) is 14.0. The van der Waals surface area contributed by atoms with Gasteiger partial charge in [0.05, 0.1) is 24.0 Å². The van der Waals surface area contributed by atoms with Gasteiger partial charge in [-0.05, 0) is 42.6 Å². The predicted molar refractivity (Wildman–Crippen MR) is 88.3 cm³/mol. The highest BCUT2D eigenvalue weighted by molar-refractivity contribution is 5.96. The lowest BCUT2D eigenvalue weighted by Crippen LogP contribution is -2.57. The van der Waals surface area contributed by atoms with Gasteiger partial charge in [0.2, 0.25) is 0 Å². The summed E-state index contributed by atoms with van der Waals surface area (Å²) in [6.07, 6.45) is 3.46. The van der Waals surface area contributed by atoms with Crippen molar-refractivity contribution < 1.29 is 24.5 Å². The number of rotatable bonds is 4. The molecule has 5 heteroatoms. The fraction of sp³-hybridized carbons (Fsp3) is 0.632. The topological polar surface area (TPSA) is 90.9 Å². The van der Waals surface area contributed by atoms with E-state index in [4.69, 9.17) is 4.42 Å². The lowest BCUT2D eigenvalue weighted by atomic mass is 9.49. The van der Waals surface area contributed by atoms with Crippen molar-refractivity contribution in [1.82, 2.24) is 0 Å². The molecule has 132 valence electrons. The molecule has 3 rings (SSSR count). The van der Waals surface area contributed by atoms with Crippen LogP contribution in [0.3, 0.4) is 0 Å². The Labute approximate surface area is 142 Å². The van der Waals surface area contributed by atoms with Crippen LogP contribution in [-0.2, 0) is 0 Å². The number of aliphatic hydroxyl groups is 3. The van der Waals surface area contributed by atoms with E-state index in [-0.39, 0.29) is 35.6 Å². The first kappa shape index (κ1) is 17.4. The summed E-state index contributed by atoms with van der Waals surface area (Å²) in [6, 6.07) is 1.66. The summed E-state index contributed by atoms with van der Waals surface area (Å²) >= 11 is 0. The Morgan fingerprint density at radius 2 is 2.21 bits per heavy atom. The van der Waals surface area contributed by atoms with Crippen LogP contribution in [0.25, 0.3) is 0 Å². The zero-order valence-corrected chi connectivity index (χ0v) is 14.0. The van der Waals surface area contributed by atoms with Crippen molar-refractivity contribution in [1.29, 1.82) is 0 Å². The van der Waals surface area contributed by atoms with E-state index in [1.165, 1.54) is 12.5 Å². The molecule has 0 aromatic carbocycles. The fourth-order valence-electron chi connectivity index (χ4n) is 5.00. The molecule has 0 bridgehead atoms. The molecule has 2 saturated carbocycles. The van der Waals surface area contributed by atoms with Crippen molar-refractivity contribution >= 4 is 5.78 Å². The number of carbonyl (C=O) groups excluding carboxylic acids is 1. The van der Waals surface area contributed by atoms with Gasteiger partial charge < -0.3 is 19.7 Å². The summed E-state index contributed by atoms with van der Waals surface area (Å²) < 4.78 is 5.00. The number of allylic oxidation sites excluding steroid dienone is 1. The van der Waals surface area contributed by atoms with Crippen LogP contribution in [0.2, 0.25) is 0 Å². The average Bonchev–Trinajstić information content (AvgIpc) is 3.07. The van der Waals surface area contributed by atoms with Crippen molar-refractivity contribution in [2.24, 2.45) is 23.2 Å². The molecule has 0 saturated heterocycles. The Morgan fingerprint density at radius 1 is 1.46 bits per heavy atom. The summed E-state index contributed by atoms with van der Waals surface area (Å²) in [7, 11) is 0. The standard InChI is InChI=1S/C19H26O5/c1-11-3-4-14-13(9-20)18(23)17(22)8-19(14,2)15(11)7-16(21)12-5-6-24-10-12/h5-6,10,13-15,17-18,20,22-23H,1,3-4,7-9H2,2H3. The van der Waals surface area contributed by atoms with E-state index in [9.17, 15) is 20.1 Å². The SMILES string of the molecule is C=C1CCC2C(CO)C(O)C(O)CC2(C)C1CC(=O)c1ccoc1. The molecule has 0 amide bonds. The van der Waals surface area contributed by atoms with Crippen LogP contribution in [0.4, 0.5) is 0 Å². The minimum absolute atomic E-state index is 0.00191. The molecule has 3 N–H and O–H groups in total. The Morgan fingerprint density at radius 3 is 2.83 bits per heavy atom. The van der Waals surface area contributed by atoms with Gasteiger partial charge in [0.1, 0.15) is 6.26 Å². The van der Waals surface area contributed by atoms with Gasteiger partial charge in [-0.1, -0.05) is 19.1 Å². The number of ketones is 1. The Balaban J connectivity index is 1.89. The van der Waals surface area contributed by atoms with Crippen molar-refractivity contribution in [3.8, 4) is 0 Å². The molecule has 24 heavy (non-hydrogen) atoms. The van der Waals surface area contributed by atoms with Crippen molar-refractivity contribution in [2.75, 3.05) is 6.61 Å². The number of fused-ring (bicyclic) bond motifs is 1. The normalized spacial score (nSPS) is 39.5. The number of hydrogen-bond donors (Lipinski definition) is 3. The molecule has 0 aliphatic heterocycles. The largest absolute Gasteiger partial charge is 0.472 e. The summed E-state index contributed by atoms with van der Waals surface area (Å²) in [4.78, 5) is 12.6. The second-order valence-electron chi connectivity index (χ2n) is 7.61. The number of Topliss-reactive ketones (excluding diaryl/α,β-unsaturated/α-hetero) is 1. The highest BCUT2D eigenvalue weighted by atomic mass is 16.3. The number of aliphatic hydroxyl groups excluding tert-OH is 3. The Bertz CT molecular complexity index is 607. The summed E-state index contributed by atoms with van der Waals surface area (Å²) in [5.41, 5.74) is 1.20. The number of hydrogen-bond acceptors (Lipinski definition) is 5. The molecule has 1 aromatic heterocycles. The maximum absolute atomic E-state index is 12.6. The van der Waals surface area contributed by atoms with E-state index in [2.05, 4.69) is 13.5 Å². The van der Waals surface area contributed by atoms with Crippen LogP contribution in [0, 0.1) is 23.2 Å². The van der Waals surface area contributed by atoms with Gasteiger partial charge in [-0.15, -0.1) is 0 Å². The summed E-state index contributed by atoms with van der Waals surface area (Å²) in [5, 5.41) is 30.3. The number of furan rings is 1. The Kier molecular flexibility index (Phi) is 4.69. The van der Waals surface area contributed by atoms with Crippen LogP contribution in [-0.4, -0.2) is 39.9 Å². The third-order valence-corrected chi connectivity index (χ3v) is 6.35. The van der Waals surface area contributed by atoms with E-state index in [1.54, 1.807) is 6.07 Å². The first-order valence-electron chi connectivity index (χ1n) is 8.58. The molecule has 2 aliphatic carbocycles. The van der Waals surface area contributed by atoms with E-state index in [0.717, 1.165) is 18.4 Å². The van der Waals surface area contributed by atoms with Crippen LogP contribution in [0.15, 0.2) is 35.2 Å². The molecular weight excluding hydrogens is 308 g/mol. The van der Waals surface area contributed by atoms with Gasteiger partial charge in [0.25, 0.3) is 0 Å². The first-order valence-corrected chi connectivity index (χ1v) is 8.58. The Hall–Kier alpha value is -1.43. The second kappa shape index (κ2) is 6.47. The minimum atomic E-state index is -0.912. The maximum Gasteiger partial charge on any atom is 0.166 e. The first-order chi connectivity index (χ1) is 11.4. The summed E-state index contributed by atoms with van der Waals surface area (Å²) in [5.74, 6) is -0.375. The van der Waals surface area contributed by atoms with E-state index in [0.29, 0.717) is 18.4 Å². The van der Waals surface area contributed by atoms with Crippen molar-refractivity contribution in [2.45, 2.75) is 44.8 Å². The van der Waals surface area contributed by atoms with E-state index < -0.39 is 12.2 Å². The molecule has 6 atom stereocenters. The third kappa shape index (κ3) is 2.75. The van der Waals surface area contributed by atoms with E-state index in [1.807, 2.05) is 0 Å². The molecule has 2 fully saturated rings. The average molecular weight is 334 g/mol. The predicted octanol–water partition coefficient (Wildman–Crippen LogP) is 2.18. The molecule has 0 spiro atoms. The monoisotopic (exact) mass is 334 g/mol. The lowest BCUT2D eigenvalue weighted by Gasteiger charge is -2.56. The second-order valence-corrected chi connectivity index (χ2v) is 7.61. The molecule has 1 aromatic rings. The highest BCUT2D eigenvalue weighted by Crippen LogP contribution is 2.57. The van der Waals surface area contributed by atoms with Crippen LogP contribution in [0.5, 0.6) is 0 Å².